The Morgan fingerprint density at radius 3 is 2.92 bits per heavy atom. The van der Waals surface area contributed by atoms with Gasteiger partial charge in [-0.25, -0.2) is 0 Å². The van der Waals surface area contributed by atoms with Crippen molar-refractivity contribution in [2.24, 2.45) is 0 Å². The molecular weight excluding hydrogens is 194 g/mol. The molecule has 0 radical (unpaired) electrons. The van der Waals surface area contributed by atoms with Crippen molar-refractivity contribution in [2.45, 2.75) is 0 Å². The van der Waals surface area contributed by atoms with Gasteiger partial charge in [-0.15, -0.1) is 0 Å². The topological polar surface area (TPSA) is 43.1 Å². The minimum absolute atomic E-state index is 0.124. The number of nitro groups is 1. The molecule has 0 saturated heterocycles. The van der Waals surface area contributed by atoms with Gasteiger partial charge in [-0.2, -0.15) is 12.6 Å². The Labute approximate surface area is 79.0 Å². The van der Waals surface area contributed by atoms with E-state index in [9.17, 15) is 10.1 Å². The molecule has 0 aliphatic heterocycles. The molecule has 0 amide bonds. The van der Waals surface area contributed by atoms with E-state index in [2.05, 4.69) is 24.5 Å². The monoisotopic (exact) mass is 199 g/mol. The Hall–Kier alpha value is -0.990. The van der Waals surface area contributed by atoms with Gasteiger partial charge in [-0.1, -0.05) is 23.2 Å². The molecule has 12 heavy (non-hydrogen) atoms. The summed E-state index contributed by atoms with van der Waals surface area (Å²) in [5.41, 5.74) is 0. The number of thiol groups is 1. The maximum atomic E-state index is 10.2. The zero-order chi connectivity index (χ0) is 8.97. The van der Waals surface area contributed by atoms with Crippen LogP contribution in [0.1, 0.15) is 4.88 Å². The molecule has 0 aliphatic rings. The second-order valence-corrected chi connectivity index (χ2v) is 3.23. The first kappa shape index (κ1) is 9.10. The van der Waals surface area contributed by atoms with Gasteiger partial charge in [0.05, 0.1) is 15.6 Å². The van der Waals surface area contributed by atoms with E-state index in [0.717, 1.165) is 11.3 Å². The summed E-state index contributed by atoms with van der Waals surface area (Å²) < 4.78 is 0. The standard InChI is InChI=1S/C7H5NO2S2/c9-8(10)7-4-3-6(12-7)2-1-5-11/h3-4,11H,5H2. The van der Waals surface area contributed by atoms with Crippen LogP contribution in [-0.4, -0.2) is 10.7 Å². The van der Waals surface area contributed by atoms with Crippen molar-refractivity contribution in [3.63, 3.8) is 0 Å². The number of hydrogen-bond donors (Lipinski definition) is 1. The van der Waals surface area contributed by atoms with Crippen LogP contribution in [0, 0.1) is 22.0 Å². The number of nitrogens with zero attached hydrogens (tertiary/aromatic N) is 1. The van der Waals surface area contributed by atoms with Gasteiger partial charge in [0.15, 0.2) is 0 Å². The average Bonchev–Trinajstić information content (AvgIpc) is 2.48. The third-order valence-electron chi connectivity index (χ3n) is 1.06. The maximum absolute atomic E-state index is 10.2. The highest BCUT2D eigenvalue weighted by atomic mass is 32.1. The fourth-order valence-corrected chi connectivity index (χ4v) is 1.39. The Morgan fingerprint density at radius 2 is 2.42 bits per heavy atom. The Bertz CT molecular complexity index is 348. The molecule has 62 valence electrons. The summed E-state index contributed by atoms with van der Waals surface area (Å²) in [6.07, 6.45) is 0. The van der Waals surface area contributed by atoms with Crippen LogP contribution < -0.4 is 0 Å². The largest absolute Gasteiger partial charge is 0.325 e. The molecule has 3 nitrogen and oxygen atoms in total. The van der Waals surface area contributed by atoms with Crippen molar-refractivity contribution in [1.82, 2.24) is 0 Å². The highest BCUT2D eigenvalue weighted by molar-refractivity contribution is 7.80. The van der Waals surface area contributed by atoms with Gasteiger partial charge in [-0.3, -0.25) is 10.1 Å². The molecule has 1 rings (SSSR count). The lowest BCUT2D eigenvalue weighted by molar-refractivity contribution is -0.380. The van der Waals surface area contributed by atoms with E-state index in [4.69, 9.17) is 0 Å². The first-order valence-corrected chi connectivity index (χ1v) is 4.53. The summed E-state index contributed by atoms with van der Waals surface area (Å²) in [5, 5.41) is 10.4. The molecule has 5 heteroatoms. The van der Waals surface area contributed by atoms with Gasteiger partial charge in [0, 0.05) is 6.07 Å². The van der Waals surface area contributed by atoms with Crippen LogP contribution in [0.15, 0.2) is 12.1 Å². The Morgan fingerprint density at radius 1 is 1.67 bits per heavy atom. The van der Waals surface area contributed by atoms with E-state index in [1.54, 1.807) is 6.07 Å². The van der Waals surface area contributed by atoms with Crippen molar-refractivity contribution in [1.29, 1.82) is 0 Å². The van der Waals surface area contributed by atoms with E-state index in [1.165, 1.54) is 6.07 Å². The molecule has 1 aromatic rings. The van der Waals surface area contributed by atoms with Crippen molar-refractivity contribution in [3.05, 3.63) is 27.1 Å². The highest BCUT2D eigenvalue weighted by Crippen LogP contribution is 2.22. The zero-order valence-electron chi connectivity index (χ0n) is 5.98. The van der Waals surface area contributed by atoms with Gasteiger partial charge in [0.1, 0.15) is 0 Å². The normalized spacial score (nSPS) is 8.75. The summed E-state index contributed by atoms with van der Waals surface area (Å²) >= 11 is 4.97. The van der Waals surface area contributed by atoms with E-state index < -0.39 is 4.92 Å². The molecule has 0 saturated carbocycles. The summed E-state index contributed by atoms with van der Waals surface area (Å²) in [5.74, 6) is 5.94. The molecule has 0 atom stereocenters. The molecular formula is C7H5NO2S2. The van der Waals surface area contributed by atoms with Crippen LogP contribution in [-0.2, 0) is 0 Å². The van der Waals surface area contributed by atoms with E-state index in [0.29, 0.717) is 10.6 Å². The van der Waals surface area contributed by atoms with Gasteiger partial charge < -0.3 is 0 Å². The fraction of sp³-hybridized carbons (Fsp3) is 0.143. The summed E-state index contributed by atoms with van der Waals surface area (Å²) in [4.78, 5) is 10.5. The lowest BCUT2D eigenvalue weighted by Gasteiger charge is -1.78. The van der Waals surface area contributed by atoms with E-state index in [-0.39, 0.29) is 5.00 Å². The van der Waals surface area contributed by atoms with Crippen molar-refractivity contribution in [3.8, 4) is 11.8 Å². The van der Waals surface area contributed by atoms with E-state index >= 15 is 0 Å². The lowest BCUT2D eigenvalue weighted by Crippen LogP contribution is -1.80. The second kappa shape index (κ2) is 4.14. The maximum Gasteiger partial charge on any atom is 0.325 e. The second-order valence-electron chi connectivity index (χ2n) is 1.85. The molecule has 0 spiro atoms. The van der Waals surface area contributed by atoms with Crippen LogP contribution in [0.3, 0.4) is 0 Å². The first-order chi connectivity index (χ1) is 5.74. The lowest BCUT2D eigenvalue weighted by atomic mass is 10.4. The van der Waals surface area contributed by atoms with Gasteiger partial charge in [-0.05, 0) is 6.07 Å². The number of hydrogen-bond acceptors (Lipinski definition) is 4. The molecule has 0 bridgehead atoms. The Balaban J connectivity index is 2.84. The first-order valence-electron chi connectivity index (χ1n) is 3.08. The van der Waals surface area contributed by atoms with Crippen LogP contribution in [0.2, 0.25) is 0 Å². The molecule has 1 heterocycles. The minimum atomic E-state index is -0.420. The fourth-order valence-electron chi connectivity index (χ4n) is 0.620. The predicted molar refractivity (Wildman–Crippen MR) is 51.7 cm³/mol. The summed E-state index contributed by atoms with van der Waals surface area (Å²) in [6, 6.07) is 3.09. The smallest absolute Gasteiger partial charge is 0.258 e. The zero-order valence-corrected chi connectivity index (χ0v) is 7.69. The van der Waals surface area contributed by atoms with Crippen LogP contribution in [0.5, 0.6) is 0 Å². The number of rotatable bonds is 1. The summed E-state index contributed by atoms with van der Waals surface area (Å²) in [7, 11) is 0. The Kier molecular flexibility index (Phi) is 3.14. The van der Waals surface area contributed by atoms with Gasteiger partial charge >= 0.3 is 5.00 Å². The van der Waals surface area contributed by atoms with Gasteiger partial charge in [0.25, 0.3) is 0 Å². The number of thiophene rings is 1. The van der Waals surface area contributed by atoms with Crippen LogP contribution in [0.4, 0.5) is 5.00 Å². The molecule has 1 aromatic heterocycles. The average molecular weight is 199 g/mol. The third-order valence-corrected chi connectivity index (χ3v) is 2.17. The molecule has 0 fully saturated rings. The van der Waals surface area contributed by atoms with Crippen molar-refractivity contribution in [2.75, 3.05) is 5.75 Å². The molecule has 0 aliphatic carbocycles. The molecule has 0 N–H and O–H groups in total. The molecule has 0 aromatic carbocycles. The predicted octanol–water partition coefficient (Wildman–Crippen LogP) is 1.94. The van der Waals surface area contributed by atoms with Crippen LogP contribution in [0.25, 0.3) is 0 Å². The van der Waals surface area contributed by atoms with Gasteiger partial charge in [0.2, 0.25) is 0 Å². The quantitative estimate of drug-likeness (QED) is 0.325. The minimum Gasteiger partial charge on any atom is -0.258 e. The molecule has 0 unspecified atom stereocenters. The summed E-state index contributed by atoms with van der Waals surface area (Å²) in [6.45, 7) is 0. The SMILES string of the molecule is O=[N+]([O-])c1ccc(C#CCS)s1. The highest BCUT2D eigenvalue weighted by Gasteiger charge is 2.07. The third kappa shape index (κ3) is 2.26. The van der Waals surface area contributed by atoms with E-state index in [1.807, 2.05) is 0 Å². The van der Waals surface area contributed by atoms with Crippen LogP contribution >= 0.6 is 24.0 Å². The van der Waals surface area contributed by atoms with Crippen molar-refractivity contribution >= 4 is 29.0 Å². The van der Waals surface area contributed by atoms with Crippen molar-refractivity contribution < 1.29 is 4.92 Å².